The van der Waals surface area contributed by atoms with Gasteiger partial charge in [0.1, 0.15) is 11.0 Å². The van der Waals surface area contributed by atoms with E-state index in [0.717, 1.165) is 0 Å². The summed E-state index contributed by atoms with van der Waals surface area (Å²) in [5.41, 5.74) is 0. The Morgan fingerprint density at radius 3 is 2.73 bits per heavy atom. The van der Waals surface area contributed by atoms with Gasteiger partial charge in [0.2, 0.25) is 0 Å². The number of nitrogens with zero attached hydrogens (tertiary/aromatic N) is 1. The molecule has 0 aliphatic heterocycles. The molecule has 0 bridgehead atoms. The first-order valence-electron chi connectivity index (χ1n) is 4.67. The zero-order valence-electron chi connectivity index (χ0n) is 8.77. The van der Waals surface area contributed by atoms with E-state index in [1.165, 1.54) is 7.11 Å². The van der Waals surface area contributed by atoms with Crippen molar-refractivity contribution in [2.75, 3.05) is 7.11 Å². The van der Waals surface area contributed by atoms with Crippen molar-refractivity contribution in [3.05, 3.63) is 24.3 Å². The van der Waals surface area contributed by atoms with Crippen LogP contribution in [0.4, 0.5) is 0 Å². The maximum Gasteiger partial charge on any atom is 0.135 e. The van der Waals surface area contributed by atoms with Gasteiger partial charge in [0.05, 0.1) is 28.9 Å². The number of benzene rings is 1. The van der Waals surface area contributed by atoms with Gasteiger partial charge < -0.3 is 4.74 Å². The SMILES string of the molecule is CCC(C#N)S(=O)c1ccccc1OC. The quantitative estimate of drug-likeness (QED) is 0.785. The van der Waals surface area contributed by atoms with Gasteiger partial charge in [-0.05, 0) is 18.6 Å². The van der Waals surface area contributed by atoms with Crippen LogP contribution in [0.2, 0.25) is 0 Å². The predicted octanol–water partition coefficient (Wildman–Crippen LogP) is 2.10. The summed E-state index contributed by atoms with van der Waals surface area (Å²) >= 11 is 0. The number of hydrogen-bond acceptors (Lipinski definition) is 3. The fraction of sp³-hybridized carbons (Fsp3) is 0.364. The van der Waals surface area contributed by atoms with Crippen molar-refractivity contribution in [2.24, 2.45) is 0 Å². The molecule has 0 saturated heterocycles. The van der Waals surface area contributed by atoms with Gasteiger partial charge in [0.25, 0.3) is 0 Å². The Hall–Kier alpha value is -1.34. The Kier molecular flexibility index (Phi) is 4.32. The molecule has 0 saturated carbocycles. The lowest BCUT2D eigenvalue weighted by molar-refractivity contribution is 0.404. The van der Waals surface area contributed by atoms with Crippen LogP contribution < -0.4 is 4.74 Å². The van der Waals surface area contributed by atoms with Crippen LogP contribution in [0.5, 0.6) is 5.75 Å². The van der Waals surface area contributed by atoms with Gasteiger partial charge in [-0.2, -0.15) is 5.26 Å². The average Bonchev–Trinajstić information content (AvgIpc) is 2.30. The number of rotatable bonds is 4. The highest BCUT2D eigenvalue weighted by atomic mass is 32.2. The summed E-state index contributed by atoms with van der Waals surface area (Å²) in [6, 6.07) is 9.13. The van der Waals surface area contributed by atoms with Gasteiger partial charge in [-0.1, -0.05) is 19.1 Å². The average molecular weight is 223 g/mol. The fourth-order valence-electron chi connectivity index (χ4n) is 1.23. The van der Waals surface area contributed by atoms with E-state index in [1.54, 1.807) is 18.2 Å². The molecule has 2 unspecified atom stereocenters. The second kappa shape index (κ2) is 5.52. The summed E-state index contributed by atoms with van der Waals surface area (Å²) < 4.78 is 17.1. The first kappa shape index (κ1) is 11.7. The van der Waals surface area contributed by atoms with Crippen molar-refractivity contribution in [1.29, 1.82) is 5.26 Å². The summed E-state index contributed by atoms with van der Waals surface area (Å²) in [6.07, 6.45) is 0.571. The van der Waals surface area contributed by atoms with Crippen LogP contribution in [-0.4, -0.2) is 16.6 Å². The summed E-state index contributed by atoms with van der Waals surface area (Å²) in [5.74, 6) is 0.574. The Morgan fingerprint density at radius 1 is 1.53 bits per heavy atom. The van der Waals surface area contributed by atoms with Crippen LogP contribution >= 0.6 is 0 Å². The van der Waals surface area contributed by atoms with Crippen molar-refractivity contribution in [1.82, 2.24) is 0 Å². The Bertz CT molecular complexity index is 398. The van der Waals surface area contributed by atoms with Crippen molar-refractivity contribution >= 4 is 10.8 Å². The molecule has 0 spiro atoms. The molecule has 2 atom stereocenters. The Balaban J connectivity index is 3.06. The van der Waals surface area contributed by atoms with Crippen LogP contribution in [0, 0.1) is 11.3 Å². The molecule has 0 fully saturated rings. The minimum Gasteiger partial charge on any atom is -0.495 e. The lowest BCUT2D eigenvalue weighted by atomic mass is 10.3. The molecule has 0 radical (unpaired) electrons. The third-order valence-corrected chi connectivity index (χ3v) is 3.79. The molecule has 0 heterocycles. The zero-order chi connectivity index (χ0) is 11.3. The number of hydrogen-bond donors (Lipinski definition) is 0. The van der Waals surface area contributed by atoms with Crippen LogP contribution in [0.1, 0.15) is 13.3 Å². The molecule has 0 aromatic heterocycles. The third kappa shape index (κ3) is 2.57. The molecule has 0 amide bonds. The fourth-order valence-corrected chi connectivity index (χ4v) is 2.50. The summed E-state index contributed by atoms with van der Waals surface area (Å²) in [4.78, 5) is 0.591. The molecule has 1 rings (SSSR count). The second-order valence-electron chi connectivity index (χ2n) is 2.97. The lowest BCUT2D eigenvalue weighted by Crippen LogP contribution is -2.12. The van der Waals surface area contributed by atoms with Gasteiger partial charge in [-0.25, -0.2) is 0 Å². The second-order valence-corrected chi connectivity index (χ2v) is 4.58. The highest BCUT2D eigenvalue weighted by Gasteiger charge is 2.18. The number of ether oxygens (including phenoxy) is 1. The van der Waals surface area contributed by atoms with Crippen LogP contribution in [0.3, 0.4) is 0 Å². The van der Waals surface area contributed by atoms with E-state index in [4.69, 9.17) is 10.00 Å². The molecule has 3 nitrogen and oxygen atoms in total. The van der Waals surface area contributed by atoms with E-state index in [2.05, 4.69) is 0 Å². The first-order valence-corrected chi connectivity index (χ1v) is 5.89. The molecular formula is C11H13NO2S. The summed E-state index contributed by atoms with van der Waals surface area (Å²) in [6.45, 7) is 1.85. The Morgan fingerprint density at radius 2 is 2.20 bits per heavy atom. The van der Waals surface area contributed by atoms with E-state index in [-0.39, 0.29) is 0 Å². The first-order chi connectivity index (χ1) is 7.24. The molecule has 80 valence electrons. The van der Waals surface area contributed by atoms with Gasteiger partial charge in [0.15, 0.2) is 0 Å². The van der Waals surface area contributed by atoms with Crippen molar-refractivity contribution in [3.63, 3.8) is 0 Å². The zero-order valence-corrected chi connectivity index (χ0v) is 9.58. The normalized spacial score (nSPS) is 13.9. The van der Waals surface area contributed by atoms with E-state index < -0.39 is 16.0 Å². The van der Waals surface area contributed by atoms with Gasteiger partial charge in [0, 0.05) is 0 Å². The highest BCUT2D eigenvalue weighted by molar-refractivity contribution is 7.86. The molecule has 0 aliphatic rings. The molecule has 0 aliphatic carbocycles. The third-order valence-electron chi connectivity index (χ3n) is 2.06. The summed E-state index contributed by atoms with van der Waals surface area (Å²) in [5, 5.41) is 8.37. The summed E-state index contributed by atoms with van der Waals surface area (Å²) in [7, 11) is 0.212. The molecule has 1 aromatic carbocycles. The number of nitriles is 1. The number of methoxy groups -OCH3 is 1. The van der Waals surface area contributed by atoms with E-state index in [0.29, 0.717) is 17.1 Å². The van der Waals surface area contributed by atoms with Crippen molar-refractivity contribution < 1.29 is 8.95 Å². The van der Waals surface area contributed by atoms with Crippen molar-refractivity contribution in [2.45, 2.75) is 23.5 Å². The van der Waals surface area contributed by atoms with Crippen LogP contribution in [-0.2, 0) is 10.8 Å². The van der Waals surface area contributed by atoms with Crippen molar-refractivity contribution in [3.8, 4) is 11.8 Å². The van der Waals surface area contributed by atoms with Crippen LogP contribution in [0.15, 0.2) is 29.2 Å². The van der Waals surface area contributed by atoms with E-state index >= 15 is 0 Å². The molecule has 4 heteroatoms. The van der Waals surface area contributed by atoms with E-state index in [1.807, 2.05) is 19.1 Å². The predicted molar refractivity (Wildman–Crippen MR) is 59.1 cm³/mol. The smallest absolute Gasteiger partial charge is 0.135 e. The van der Waals surface area contributed by atoms with E-state index in [9.17, 15) is 4.21 Å². The van der Waals surface area contributed by atoms with Gasteiger partial charge in [-0.3, -0.25) is 4.21 Å². The van der Waals surface area contributed by atoms with Crippen LogP contribution in [0.25, 0.3) is 0 Å². The monoisotopic (exact) mass is 223 g/mol. The Labute approximate surface area is 92.1 Å². The maximum atomic E-state index is 12.0. The largest absolute Gasteiger partial charge is 0.495 e. The topological polar surface area (TPSA) is 50.1 Å². The van der Waals surface area contributed by atoms with Gasteiger partial charge in [-0.15, -0.1) is 0 Å². The molecule has 1 aromatic rings. The maximum absolute atomic E-state index is 12.0. The number of para-hydroxylation sites is 1. The molecule has 15 heavy (non-hydrogen) atoms. The molecular weight excluding hydrogens is 210 g/mol. The lowest BCUT2D eigenvalue weighted by Gasteiger charge is -2.10. The minimum atomic E-state index is -1.32. The minimum absolute atomic E-state index is 0.471. The highest BCUT2D eigenvalue weighted by Crippen LogP contribution is 2.24. The van der Waals surface area contributed by atoms with Gasteiger partial charge >= 0.3 is 0 Å². The molecule has 0 N–H and O–H groups in total. The standard InChI is InChI=1S/C11H13NO2S/c1-3-9(8-12)15(13)11-7-5-4-6-10(11)14-2/h4-7,9H,3H2,1-2H3.